The van der Waals surface area contributed by atoms with Gasteiger partial charge in [0.2, 0.25) is 0 Å². The van der Waals surface area contributed by atoms with Gasteiger partial charge >= 0.3 is 0 Å². The number of ketones is 1. The molecule has 1 rings (SSSR count). The van der Waals surface area contributed by atoms with Crippen LogP contribution in [0.1, 0.15) is 23.6 Å². The summed E-state index contributed by atoms with van der Waals surface area (Å²) in [6, 6.07) is 7.26. The maximum Gasteiger partial charge on any atom is 0.134 e. The zero-order chi connectivity index (χ0) is 10.6. The van der Waals surface area contributed by atoms with Gasteiger partial charge < -0.3 is 0 Å². The summed E-state index contributed by atoms with van der Waals surface area (Å²) in [6.07, 6.45) is 0.383. The number of Topliss-reactive ketones (excluding diaryl/α,β-unsaturated/α-hetero) is 1. The molecule has 14 heavy (non-hydrogen) atoms. The van der Waals surface area contributed by atoms with Crippen LogP contribution >= 0.6 is 11.6 Å². The van der Waals surface area contributed by atoms with E-state index in [2.05, 4.69) is 0 Å². The van der Waals surface area contributed by atoms with E-state index in [0.717, 1.165) is 11.1 Å². The highest BCUT2D eigenvalue weighted by atomic mass is 35.5. The molecular formula is C11H10ClNO. The van der Waals surface area contributed by atoms with Gasteiger partial charge in [-0.3, -0.25) is 4.79 Å². The van der Waals surface area contributed by atoms with Crippen molar-refractivity contribution in [3.63, 3.8) is 0 Å². The van der Waals surface area contributed by atoms with Gasteiger partial charge in [-0.05, 0) is 30.2 Å². The predicted octanol–water partition coefficient (Wildman–Crippen LogP) is 2.43. The second-order valence-electron chi connectivity index (χ2n) is 3.11. The lowest BCUT2D eigenvalue weighted by Crippen LogP contribution is -2.00. The summed E-state index contributed by atoms with van der Waals surface area (Å²) in [5.41, 5.74) is 2.35. The Labute approximate surface area is 88.1 Å². The van der Waals surface area contributed by atoms with Crippen LogP contribution in [0.25, 0.3) is 0 Å². The molecule has 0 N–H and O–H groups in total. The van der Waals surface area contributed by atoms with Gasteiger partial charge in [-0.1, -0.05) is 6.07 Å². The highest BCUT2D eigenvalue weighted by Crippen LogP contribution is 2.15. The summed E-state index contributed by atoms with van der Waals surface area (Å²) < 4.78 is 0. The van der Waals surface area contributed by atoms with Crippen molar-refractivity contribution in [2.45, 2.75) is 19.2 Å². The summed E-state index contributed by atoms with van der Waals surface area (Å²) in [5, 5.41) is 8.67. The Morgan fingerprint density at radius 1 is 1.50 bits per heavy atom. The van der Waals surface area contributed by atoms with Gasteiger partial charge in [-0.25, -0.2) is 0 Å². The molecule has 0 bridgehead atoms. The van der Waals surface area contributed by atoms with Crippen LogP contribution < -0.4 is 0 Å². The third-order valence-corrected chi connectivity index (χ3v) is 2.21. The number of alkyl halides is 1. The summed E-state index contributed by atoms with van der Waals surface area (Å²) >= 11 is 5.72. The molecule has 0 saturated carbocycles. The average Bonchev–Trinajstić information content (AvgIpc) is 2.17. The molecule has 72 valence electrons. The first kappa shape index (κ1) is 10.7. The molecule has 2 nitrogen and oxygen atoms in total. The van der Waals surface area contributed by atoms with E-state index in [9.17, 15) is 4.79 Å². The van der Waals surface area contributed by atoms with Gasteiger partial charge in [0.25, 0.3) is 0 Å². The molecule has 1 aromatic carbocycles. The fraction of sp³-hybridized carbons (Fsp3) is 0.273. The molecule has 0 aliphatic heterocycles. The normalized spacial score (nSPS) is 9.50. The lowest BCUT2D eigenvalue weighted by Gasteiger charge is -2.04. The van der Waals surface area contributed by atoms with E-state index in [0.29, 0.717) is 17.9 Å². The molecule has 0 aromatic heterocycles. The summed E-state index contributed by atoms with van der Waals surface area (Å²) in [6.45, 7) is 1.54. The molecule has 0 fully saturated rings. The highest BCUT2D eigenvalue weighted by molar-refractivity contribution is 6.17. The minimum absolute atomic E-state index is 0.0982. The Morgan fingerprint density at radius 2 is 2.21 bits per heavy atom. The van der Waals surface area contributed by atoms with Gasteiger partial charge in [-0.2, -0.15) is 5.26 Å². The maximum atomic E-state index is 10.9. The fourth-order valence-corrected chi connectivity index (χ4v) is 1.51. The Morgan fingerprint density at radius 3 is 2.71 bits per heavy atom. The number of benzene rings is 1. The zero-order valence-corrected chi connectivity index (χ0v) is 8.64. The van der Waals surface area contributed by atoms with E-state index in [1.54, 1.807) is 18.2 Å². The third kappa shape index (κ3) is 2.58. The predicted molar refractivity (Wildman–Crippen MR) is 55.1 cm³/mol. The van der Waals surface area contributed by atoms with Gasteiger partial charge in [0.1, 0.15) is 5.78 Å². The molecule has 0 radical (unpaired) electrons. The Bertz CT molecular complexity index is 393. The second kappa shape index (κ2) is 4.78. The number of rotatable bonds is 3. The molecule has 0 spiro atoms. The van der Waals surface area contributed by atoms with Crippen molar-refractivity contribution >= 4 is 17.4 Å². The van der Waals surface area contributed by atoms with Gasteiger partial charge in [0.05, 0.1) is 11.6 Å². The third-order valence-electron chi connectivity index (χ3n) is 1.92. The largest absolute Gasteiger partial charge is 0.300 e. The number of halogens is 1. The molecule has 0 aliphatic rings. The van der Waals surface area contributed by atoms with E-state index in [1.165, 1.54) is 6.92 Å². The van der Waals surface area contributed by atoms with Crippen molar-refractivity contribution < 1.29 is 4.79 Å². The van der Waals surface area contributed by atoms with Gasteiger partial charge in [0, 0.05) is 12.3 Å². The Hall–Kier alpha value is -1.33. The van der Waals surface area contributed by atoms with Crippen LogP contribution in [0, 0.1) is 11.3 Å². The summed E-state index contributed by atoms with van der Waals surface area (Å²) in [7, 11) is 0. The lowest BCUT2D eigenvalue weighted by atomic mass is 10.0. The number of nitriles is 1. The van der Waals surface area contributed by atoms with E-state index in [-0.39, 0.29) is 5.78 Å². The number of carbonyl (C=O) groups excluding carboxylic acids is 1. The fourth-order valence-electron chi connectivity index (χ4n) is 1.26. The molecule has 1 aromatic rings. The van der Waals surface area contributed by atoms with E-state index < -0.39 is 0 Å². The quantitative estimate of drug-likeness (QED) is 0.715. The van der Waals surface area contributed by atoms with Gasteiger partial charge in [-0.15, -0.1) is 11.6 Å². The van der Waals surface area contributed by atoms with Crippen molar-refractivity contribution in [2.75, 3.05) is 0 Å². The Kier molecular flexibility index (Phi) is 3.67. The number of hydrogen-bond donors (Lipinski definition) is 0. The summed E-state index contributed by atoms with van der Waals surface area (Å²) in [4.78, 5) is 10.9. The monoisotopic (exact) mass is 207 g/mol. The second-order valence-corrected chi connectivity index (χ2v) is 3.37. The van der Waals surface area contributed by atoms with Crippen LogP contribution in [0.3, 0.4) is 0 Å². The van der Waals surface area contributed by atoms with Crippen molar-refractivity contribution in [3.05, 3.63) is 34.9 Å². The van der Waals surface area contributed by atoms with Crippen LogP contribution in [0.2, 0.25) is 0 Å². The lowest BCUT2D eigenvalue weighted by molar-refractivity contribution is -0.116. The standard InChI is InChI=1S/C11H10ClNO/c1-8(14)4-10-3-2-9(7-13)5-11(10)6-12/h2-3,5H,4,6H2,1H3. The molecule has 3 heteroatoms. The molecule has 0 aliphatic carbocycles. The van der Waals surface area contributed by atoms with Crippen molar-refractivity contribution in [1.29, 1.82) is 5.26 Å². The van der Waals surface area contributed by atoms with Crippen molar-refractivity contribution in [3.8, 4) is 6.07 Å². The van der Waals surface area contributed by atoms with E-state index in [1.807, 2.05) is 6.07 Å². The van der Waals surface area contributed by atoms with Crippen molar-refractivity contribution in [1.82, 2.24) is 0 Å². The summed E-state index contributed by atoms with van der Waals surface area (Å²) in [5.74, 6) is 0.430. The Balaban J connectivity index is 3.06. The van der Waals surface area contributed by atoms with Gasteiger partial charge in [0.15, 0.2) is 0 Å². The SMILES string of the molecule is CC(=O)Cc1ccc(C#N)cc1CCl. The number of hydrogen-bond acceptors (Lipinski definition) is 2. The molecular weight excluding hydrogens is 198 g/mol. The first-order valence-corrected chi connectivity index (χ1v) is 4.78. The number of carbonyl (C=O) groups is 1. The van der Waals surface area contributed by atoms with Crippen LogP contribution in [-0.2, 0) is 17.1 Å². The first-order valence-electron chi connectivity index (χ1n) is 4.24. The molecule has 0 atom stereocenters. The van der Waals surface area contributed by atoms with Crippen LogP contribution in [0.15, 0.2) is 18.2 Å². The smallest absolute Gasteiger partial charge is 0.134 e. The highest BCUT2D eigenvalue weighted by Gasteiger charge is 2.05. The average molecular weight is 208 g/mol. The minimum atomic E-state index is 0.0982. The molecule has 0 amide bonds. The molecule has 0 heterocycles. The van der Waals surface area contributed by atoms with Crippen LogP contribution in [0.5, 0.6) is 0 Å². The maximum absolute atomic E-state index is 10.9. The molecule has 0 saturated heterocycles. The topological polar surface area (TPSA) is 40.9 Å². The number of nitrogens with zero attached hydrogens (tertiary/aromatic N) is 1. The molecule has 0 unspecified atom stereocenters. The zero-order valence-electron chi connectivity index (χ0n) is 7.88. The van der Waals surface area contributed by atoms with Crippen LogP contribution in [0.4, 0.5) is 0 Å². The minimum Gasteiger partial charge on any atom is -0.300 e. The van der Waals surface area contributed by atoms with Crippen LogP contribution in [-0.4, -0.2) is 5.78 Å². The first-order chi connectivity index (χ1) is 6.67. The van der Waals surface area contributed by atoms with E-state index in [4.69, 9.17) is 16.9 Å². The van der Waals surface area contributed by atoms with Crippen molar-refractivity contribution in [2.24, 2.45) is 0 Å². The van der Waals surface area contributed by atoms with E-state index >= 15 is 0 Å².